The molecule has 0 spiro atoms. The average molecular weight is 310 g/mol. The first-order valence-electron chi connectivity index (χ1n) is 7.80. The zero-order valence-electron chi connectivity index (χ0n) is 13.8. The molecule has 0 fully saturated rings. The number of hydrogen-bond donors (Lipinski definition) is 1. The fraction of sp³-hybridized carbons (Fsp3) is 0.353. The highest BCUT2D eigenvalue weighted by atomic mass is 15.3. The molecule has 0 amide bonds. The molecule has 0 aliphatic carbocycles. The lowest BCUT2D eigenvalue weighted by molar-refractivity contribution is 0.444. The zero-order chi connectivity index (χ0) is 16.2. The third-order valence-corrected chi connectivity index (χ3v) is 3.82. The van der Waals surface area contributed by atoms with E-state index in [0.717, 1.165) is 24.5 Å². The smallest absolute Gasteiger partial charge is 0.138 e. The minimum Gasteiger partial charge on any atom is -0.308 e. The molecule has 1 aromatic carbocycles. The molecule has 0 saturated heterocycles. The minimum absolute atomic E-state index is 0.350. The van der Waals surface area contributed by atoms with Gasteiger partial charge in [0.2, 0.25) is 0 Å². The van der Waals surface area contributed by atoms with Crippen LogP contribution in [0.2, 0.25) is 0 Å². The molecule has 120 valence electrons. The summed E-state index contributed by atoms with van der Waals surface area (Å²) in [5, 5.41) is 12.2. The molecule has 1 atom stereocenters. The normalized spacial score (nSPS) is 12.5. The van der Waals surface area contributed by atoms with E-state index in [1.54, 1.807) is 11.0 Å². The van der Waals surface area contributed by atoms with Crippen LogP contribution in [0.1, 0.15) is 23.9 Å². The van der Waals surface area contributed by atoms with Crippen LogP contribution >= 0.6 is 0 Å². The molecule has 3 rings (SSSR count). The summed E-state index contributed by atoms with van der Waals surface area (Å²) in [6, 6.07) is 10.8. The summed E-state index contributed by atoms with van der Waals surface area (Å²) >= 11 is 0. The Hall–Kier alpha value is -2.47. The third-order valence-electron chi connectivity index (χ3n) is 3.82. The van der Waals surface area contributed by atoms with E-state index in [1.165, 1.54) is 17.6 Å². The average Bonchev–Trinajstić information content (AvgIpc) is 3.16. The van der Waals surface area contributed by atoms with E-state index in [0.29, 0.717) is 6.04 Å². The van der Waals surface area contributed by atoms with Gasteiger partial charge >= 0.3 is 0 Å². The van der Waals surface area contributed by atoms with Crippen molar-refractivity contribution in [3.63, 3.8) is 0 Å². The Labute approximate surface area is 136 Å². The Morgan fingerprint density at radius 3 is 2.57 bits per heavy atom. The van der Waals surface area contributed by atoms with Gasteiger partial charge in [-0.15, -0.1) is 0 Å². The van der Waals surface area contributed by atoms with Crippen LogP contribution in [-0.4, -0.2) is 30.6 Å². The Bertz CT molecular complexity index is 742. The van der Waals surface area contributed by atoms with E-state index in [-0.39, 0.29) is 0 Å². The molecule has 0 aliphatic heterocycles. The van der Waals surface area contributed by atoms with Crippen molar-refractivity contribution in [2.45, 2.75) is 39.9 Å². The first kappa shape index (κ1) is 15.4. The van der Waals surface area contributed by atoms with Crippen LogP contribution < -0.4 is 5.32 Å². The van der Waals surface area contributed by atoms with Crippen molar-refractivity contribution >= 4 is 0 Å². The maximum absolute atomic E-state index is 4.51. The maximum Gasteiger partial charge on any atom is 0.138 e. The lowest BCUT2D eigenvalue weighted by Crippen LogP contribution is -2.30. The van der Waals surface area contributed by atoms with Crippen molar-refractivity contribution in [1.82, 2.24) is 29.9 Å². The predicted octanol–water partition coefficient (Wildman–Crippen LogP) is 2.26. The van der Waals surface area contributed by atoms with E-state index in [4.69, 9.17) is 0 Å². The summed E-state index contributed by atoms with van der Waals surface area (Å²) in [6.07, 6.45) is 3.24. The summed E-state index contributed by atoms with van der Waals surface area (Å²) in [5.74, 6) is 0. The van der Waals surface area contributed by atoms with Gasteiger partial charge in [-0.05, 0) is 44.5 Å². The first-order chi connectivity index (χ1) is 11.1. The molecule has 0 saturated carbocycles. The Balaban J connectivity index is 1.54. The quantitative estimate of drug-likeness (QED) is 0.758. The lowest BCUT2D eigenvalue weighted by atomic mass is 10.2. The second kappa shape index (κ2) is 6.75. The molecule has 3 aromatic rings. The van der Waals surface area contributed by atoms with E-state index in [9.17, 15) is 0 Å². The fourth-order valence-electron chi connectivity index (χ4n) is 2.58. The van der Waals surface area contributed by atoms with E-state index >= 15 is 0 Å². The SMILES string of the molecule is Cc1cc(C)n(C[C@H](C)NCc2ccc(-n3cncn3)cc2)n1. The zero-order valence-corrected chi connectivity index (χ0v) is 13.8. The molecule has 0 unspecified atom stereocenters. The van der Waals surface area contributed by atoms with Crippen molar-refractivity contribution in [1.29, 1.82) is 0 Å². The molecule has 0 radical (unpaired) electrons. The number of aromatic nitrogens is 5. The molecule has 23 heavy (non-hydrogen) atoms. The standard InChI is InChI=1S/C17H22N6/c1-13-8-15(3)22(21-13)10-14(2)19-9-16-4-6-17(7-5-16)23-12-18-11-20-23/h4-8,11-12,14,19H,9-10H2,1-3H3/t14-/m0/s1. The number of nitrogens with zero attached hydrogens (tertiary/aromatic N) is 5. The minimum atomic E-state index is 0.350. The fourth-order valence-corrected chi connectivity index (χ4v) is 2.58. The Kier molecular flexibility index (Phi) is 4.52. The van der Waals surface area contributed by atoms with Crippen molar-refractivity contribution < 1.29 is 0 Å². The summed E-state index contributed by atoms with van der Waals surface area (Å²) < 4.78 is 3.81. The molecule has 0 aliphatic rings. The van der Waals surface area contributed by atoms with Crippen LogP contribution in [0.5, 0.6) is 0 Å². The Morgan fingerprint density at radius 2 is 1.96 bits per heavy atom. The van der Waals surface area contributed by atoms with E-state index < -0.39 is 0 Å². The van der Waals surface area contributed by atoms with Gasteiger partial charge in [0.15, 0.2) is 0 Å². The molecule has 6 nitrogen and oxygen atoms in total. The van der Waals surface area contributed by atoms with Gasteiger partial charge in [0.1, 0.15) is 12.7 Å². The van der Waals surface area contributed by atoms with Crippen molar-refractivity contribution in [3.05, 3.63) is 59.9 Å². The second-order valence-electron chi connectivity index (χ2n) is 5.90. The second-order valence-corrected chi connectivity index (χ2v) is 5.90. The van der Waals surface area contributed by atoms with Crippen molar-refractivity contribution in [2.75, 3.05) is 0 Å². The van der Waals surface area contributed by atoms with Crippen LogP contribution in [-0.2, 0) is 13.1 Å². The van der Waals surface area contributed by atoms with Crippen LogP contribution in [0.15, 0.2) is 43.0 Å². The highest BCUT2D eigenvalue weighted by molar-refractivity contribution is 5.33. The summed E-state index contributed by atoms with van der Waals surface area (Å²) in [5.41, 5.74) is 4.53. The van der Waals surface area contributed by atoms with Gasteiger partial charge in [0.05, 0.1) is 17.9 Å². The summed E-state index contributed by atoms with van der Waals surface area (Å²) in [4.78, 5) is 3.96. The van der Waals surface area contributed by atoms with Crippen LogP contribution in [0, 0.1) is 13.8 Å². The van der Waals surface area contributed by atoms with Crippen LogP contribution in [0.25, 0.3) is 5.69 Å². The molecule has 6 heteroatoms. The van der Waals surface area contributed by atoms with Gasteiger partial charge in [-0.3, -0.25) is 4.68 Å². The van der Waals surface area contributed by atoms with E-state index in [2.05, 4.69) is 69.4 Å². The monoisotopic (exact) mass is 310 g/mol. The highest BCUT2D eigenvalue weighted by Gasteiger charge is 2.07. The van der Waals surface area contributed by atoms with Crippen molar-refractivity contribution in [3.8, 4) is 5.69 Å². The van der Waals surface area contributed by atoms with Gasteiger partial charge in [0.25, 0.3) is 0 Å². The molecule has 1 N–H and O–H groups in total. The van der Waals surface area contributed by atoms with Crippen LogP contribution in [0.3, 0.4) is 0 Å². The van der Waals surface area contributed by atoms with Gasteiger partial charge in [-0.2, -0.15) is 10.2 Å². The Morgan fingerprint density at radius 1 is 1.17 bits per heavy atom. The number of benzene rings is 1. The number of rotatable bonds is 6. The summed E-state index contributed by atoms with van der Waals surface area (Å²) in [6.45, 7) is 8.00. The topological polar surface area (TPSA) is 60.6 Å². The van der Waals surface area contributed by atoms with Crippen LogP contribution in [0.4, 0.5) is 0 Å². The number of aryl methyl sites for hydroxylation is 2. The van der Waals surface area contributed by atoms with Gasteiger partial charge in [-0.1, -0.05) is 12.1 Å². The molecular weight excluding hydrogens is 288 g/mol. The highest BCUT2D eigenvalue weighted by Crippen LogP contribution is 2.08. The predicted molar refractivity (Wildman–Crippen MR) is 89.4 cm³/mol. The summed E-state index contributed by atoms with van der Waals surface area (Å²) in [7, 11) is 0. The lowest BCUT2D eigenvalue weighted by Gasteiger charge is -2.15. The number of nitrogens with one attached hydrogen (secondary N) is 1. The van der Waals surface area contributed by atoms with Gasteiger partial charge in [0, 0.05) is 18.3 Å². The third kappa shape index (κ3) is 3.84. The molecule has 2 heterocycles. The first-order valence-corrected chi connectivity index (χ1v) is 7.80. The maximum atomic E-state index is 4.51. The largest absolute Gasteiger partial charge is 0.308 e. The van der Waals surface area contributed by atoms with E-state index in [1.807, 2.05) is 6.92 Å². The molecule has 0 bridgehead atoms. The van der Waals surface area contributed by atoms with Gasteiger partial charge in [-0.25, -0.2) is 9.67 Å². The van der Waals surface area contributed by atoms with Gasteiger partial charge < -0.3 is 5.32 Å². The molecular formula is C17H22N6. The number of hydrogen-bond acceptors (Lipinski definition) is 4. The van der Waals surface area contributed by atoms with Crippen molar-refractivity contribution in [2.24, 2.45) is 0 Å². The molecule has 2 aromatic heterocycles.